The summed E-state index contributed by atoms with van der Waals surface area (Å²) in [7, 11) is 0. The first-order valence-corrected chi connectivity index (χ1v) is 12.3. The highest BCUT2D eigenvalue weighted by Crippen LogP contribution is 2.47. The number of hydrogen-bond donors (Lipinski definition) is 2. The van der Waals surface area contributed by atoms with Gasteiger partial charge in [-0.15, -0.1) is 0 Å². The normalized spacial score (nSPS) is 20.9. The molecule has 1 aliphatic heterocycles. The van der Waals surface area contributed by atoms with Crippen molar-refractivity contribution in [2.75, 3.05) is 24.3 Å². The van der Waals surface area contributed by atoms with E-state index in [4.69, 9.17) is 19.9 Å². The molecular weight excluding hydrogens is 430 g/mol. The summed E-state index contributed by atoms with van der Waals surface area (Å²) in [5, 5.41) is 3.88. The fourth-order valence-electron chi connectivity index (χ4n) is 4.88. The molecule has 0 radical (unpaired) electrons. The zero-order valence-electron chi connectivity index (χ0n) is 19.5. The maximum absolute atomic E-state index is 12.2. The first-order chi connectivity index (χ1) is 16.6. The molecule has 0 spiro atoms. The number of hydrogen-bond acceptors (Lipinski definition) is 5. The molecule has 2 heterocycles. The maximum atomic E-state index is 12.2. The third-order valence-corrected chi connectivity index (χ3v) is 7.10. The third-order valence-electron chi connectivity index (χ3n) is 7.10. The van der Waals surface area contributed by atoms with E-state index in [1.54, 1.807) is 0 Å². The summed E-state index contributed by atoms with van der Waals surface area (Å²) in [5.41, 5.74) is 11.3. The Morgan fingerprint density at radius 2 is 1.91 bits per heavy atom. The van der Waals surface area contributed by atoms with Gasteiger partial charge in [0.1, 0.15) is 18.0 Å². The van der Waals surface area contributed by atoms with Gasteiger partial charge in [-0.2, -0.15) is 0 Å². The van der Waals surface area contributed by atoms with E-state index in [1.807, 2.05) is 37.3 Å². The van der Waals surface area contributed by atoms with Gasteiger partial charge in [0.15, 0.2) is 0 Å². The molecule has 1 aromatic heterocycles. The largest absolute Gasteiger partial charge is 0.488 e. The molecule has 3 aliphatic rings. The second-order valence-corrected chi connectivity index (χ2v) is 9.80. The highest BCUT2D eigenvalue weighted by atomic mass is 16.6. The molecule has 178 valence electrons. The lowest BCUT2D eigenvalue weighted by Crippen LogP contribution is -2.21. The number of nitrogen functional groups attached to an aromatic ring is 1. The fourth-order valence-corrected chi connectivity index (χ4v) is 4.88. The number of carbonyl (C=O) groups is 1. The van der Waals surface area contributed by atoms with Gasteiger partial charge in [0, 0.05) is 35.2 Å². The van der Waals surface area contributed by atoms with Crippen LogP contribution in [0.3, 0.4) is 0 Å². The number of amides is 1. The first kappa shape index (κ1) is 21.4. The number of nitrogens with one attached hydrogen (secondary N) is 1. The Kier molecular flexibility index (Phi) is 5.37. The fraction of sp³-hybridized carbons (Fsp3) is 0.444. The monoisotopic (exact) mass is 461 g/mol. The summed E-state index contributed by atoms with van der Waals surface area (Å²) < 4.78 is 19.4. The van der Waals surface area contributed by atoms with Crippen LogP contribution in [0.1, 0.15) is 45.1 Å². The van der Waals surface area contributed by atoms with Crippen LogP contribution in [0.5, 0.6) is 5.75 Å². The van der Waals surface area contributed by atoms with Crippen molar-refractivity contribution in [2.24, 2.45) is 5.92 Å². The molecule has 1 saturated heterocycles. The summed E-state index contributed by atoms with van der Waals surface area (Å²) in [6.07, 6.45) is 5.15. The van der Waals surface area contributed by atoms with Crippen LogP contribution in [0.25, 0.3) is 22.2 Å². The van der Waals surface area contributed by atoms with Crippen LogP contribution < -0.4 is 15.8 Å². The number of ether oxygens (including phenoxy) is 3. The van der Waals surface area contributed by atoms with Crippen LogP contribution in [0.2, 0.25) is 0 Å². The van der Waals surface area contributed by atoms with Gasteiger partial charge in [0.05, 0.1) is 30.1 Å². The van der Waals surface area contributed by atoms with Crippen LogP contribution in [0.15, 0.2) is 42.5 Å². The van der Waals surface area contributed by atoms with Gasteiger partial charge < -0.3 is 24.5 Å². The van der Waals surface area contributed by atoms with Crippen molar-refractivity contribution < 1.29 is 19.0 Å². The molecule has 34 heavy (non-hydrogen) atoms. The van der Waals surface area contributed by atoms with E-state index in [9.17, 15) is 4.79 Å². The second-order valence-electron chi connectivity index (χ2n) is 9.80. The van der Waals surface area contributed by atoms with Gasteiger partial charge in [-0.3, -0.25) is 5.32 Å². The molecule has 2 aromatic carbocycles. The molecule has 3 aromatic rings. The molecule has 2 saturated carbocycles. The van der Waals surface area contributed by atoms with Gasteiger partial charge >= 0.3 is 6.09 Å². The van der Waals surface area contributed by atoms with Crippen molar-refractivity contribution in [1.29, 1.82) is 0 Å². The second kappa shape index (κ2) is 8.55. The standard InChI is InChI=1S/C27H31N3O4/c1-16(17-2-3-17)33-27(31)29-19-6-4-18(5-7-19)26-25(28)23-11-10-21(34-22-12-13-32-15-22)14-24(23)30(26)20-8-9-20/h4-7,10-11,14,16-17,20,22H,2-3,8-9,12-13,15,28H2,1H3,(H,29,31)/t16-,22+/m1/s1. The minimum absolute atomic E-state index is 0.0385. The molecule has 0 unspecified atom stereocenters. The Bertz CT molecular complexity index is 1200. The number of carbonyl (C=O) groups excluding carboxylic acids is 1. The van der Waals surface area contributed by atoms with E-state index in [1.165, 1.54) is 0 Å². The quantitative estimate of drug-likeness (QED) is 0.468. The molecule has 1 amide bonds. The van der Waals surface area contributed by atoms with Crippen LogP contribution in [-0.2, 0) is 9.47 Å². The molecule has 6 rings (SSSR count). The zero-order valence-corrected chi connectivity index (χ0v) is 19.5. The van der Waals surface area contributed by atoms with Crippen molar-refractivity contribution >= 4 is 28.4 Å². The summed E-state index contributed by atoms with van der Waals surface area (Å²) in [5.74, 6) is 1.37. The molecule has 3 N–H and O–H groups in total. The Balaban J connectivity index is 1.27. The van der Waals surface area contributed by atoms with Crippen molar-refractivity contribution in [2.45, 2.75) is 57.3 Å². The maximum Gasteiger partial charge on any atom is 0.411 e. The number of rotatable bonds is 7. The summed E-state index contributed by atoms with van der Waals surface area (Å²) in [6.45, 7) is 3.35. The number of nitrogens with zero attached hydrogens (tertiary/aromatic N) is 1. The zero-order chi connectivity index (χ0) is 23.2. The van der Waals surface area contributed by atoms with E-state index in [2.05, 4.69) is 22.0 Å². The highest BCUT2D eigenvalue weighted by Gasteiger charge is 2.31. The Morgan fingerprint density at radius 3 is 2.59 bits per heavy atom. The third kappa shape index (κ3) is 4.20. The Labute approximate surface area is 199 Å². The van der Waals surface area contributed by atoms with Gasteiger partial charge in [0.2, 0.25) is 0 Å². The van der Waals surface area contributed by atoms with E-state index in [-0.39, 0.29) is 12.2 Å². The molecule has 7 heteroatoms. The van der Waals surface area contributed by atoms with Gasteiger partial charge in [-0.1, -0.05) is 12.1 Å². The van der Waals surface area contributed by atoms with Crippen LogP contribution in [0, 0.1) is 5.92 Å². The lowest BCUT2D eigenvalue weighted by Gasteiger charge is -2.14. The molecular formula is C27H31N3O4. The minimum atomic E-state index is -0.404. The number of fused-ring (bicyclic) bond motifs is 1. The first-order valence-electron chi connectivity index (χ1n) is 12.3. The Morgan fingerprint density at radius 1 is 1.12 bits per heavy atom. The summed E-state index contributed by atoms with van der Waals surface area (Å²) in [6, 6.07) is 14.4. The summed E-state index contributed by atoms with van der Waals surface area (Å²) >= 11 is 0. The molecule has 0 bridgehead atoms. The lowest BCUT2D eigenvalue weighted by atomic mass is 10.1. The minimum Gasteiger partial charge on any atom is -0.488 e. The van der Waals surface area contributed by atoms with Gasteiger partial charge in [-0.05, 0) is 62.8 Å². The average molecular weight is 462 g/mol. The average Bonchev–Trinajstić information content (AvgIpc) is 3.76. The SMILES string of the molecule is C[C@@H](OC(=O)Nc1ccc(-c2c(N)c3ccc(O[C@H]4CCOC4)cc3n2C2CC2)cc1)C1CC1. The van der Waals surface area contributed by atoms with Crippen LogP contribution >= 0.6 is 0 Å². The van der Waals surface area contributed by atoms with Crippen LogP contribution in [0.4, 0.5) is 16.2 Å². The smallest absolute Gasteiger partial charge is 0.411 e. The predicted octanol–water partition coefficient (Wildman–Crippen LogP) is 5.74. The highest BCUT2D eigenvalue weighted by molar-refractivity contribution is 6.02. The van der Waals surface area contributed by atoms with Crippen molar-refractivity contribution in [3.05, 3.63) is 42.5 Å². The Hall–Kier alpha value is -3.19. The van der Waals surface area contributed by atoms with E-state index in [0.717, 1.165) is 72.3 Å². The molecule has 3 fully saturated rings. The van der Waals surface area contributed by atoms with Crippen molar-refractivity contribution in [3.63, 3.8) is 0 Å². The van der Waals surface area contributed by atoms with Gasteiger partial charge in [-0.25, -0.2) is 4.79 Å². The van der Waals surface area contributed by atoms with Gasteiger partial charge in [0.25, 0.3) is 0 Å². The van der Waals surface area contributed by atoms with E-state index in [0.29, 0.717) is 24.3 Å². The predicted molar refractivity (Wildman–Crippen MR) is 132 cm³/mol. The van der Waals surface area contributed by atoms with E-state index < -0.39 is 6.09 Å². The lowest BCUT2D eigenvalue weighted by molar-refractivity contribution is 0.108. The molecule has 7 nitrogen and oxygen atoms in total. The number of anilines is 2. The van der Waals surface area contributed by atoms with Crippen LogP contribution in [-0.4, -0.2) is 36.1 Å². The summed E-state index contributed by atoms with van der Waals surface area (Å²) in [4.78, 5) is 12.2. The number of benzene rings is 2. The number of nitrogens with two attached hydrogens (primary N) is 1. The molecule has 2 atom stereocenters. The van der Waals surface area contributed by atoms with Crippen molar-refractivity contribution in [3.8, 4) is 17.0 Å². The topological polar surface area (TPSA) is 87.7 Å². The van der Waals surface area contributed by atoms with E-state index >= 15 is 0 Å². The van der Waals surface area contributed by atoms with Crippen molar-refractivity contribution in [1.82, 2.24) is 4.57 Å². The molecule has 2 aliphatic carbocycles. The number of aromatic nitrogens is 1.